The summed E-state index contributed by atoms with van der Waals surface area (Å²) in [5.41, 5.74) is 24.6. The van der Waals surface area contributed by atoms with E-state index in [4.69, 9.17) is 42.3 Å². The SMILES string of the molecule is NC(CO)CNCC1CC(O)C(N)C(C2C(N)CC(NC(CO)CO)C(OC3OC(CO)C(O)C(N)C3O)C2O)O1. The van der Waals surface area contributed by atoms with Crippen LogP contribution in [0.2, 0.25) is 0 Å². The number of aliphatic hydroxyl groups excluding tert-OH is 8. The van der Waals surface area contributed by atoms with Gasteiger partial charge in [0.05, 0.1) is 69.0 Å². The molecule has 0 radical (unpaired) electrons. The van der Waals surface area contributed by atoms with E-state index < -0.39 is 117 Å². The third kappa shape index (κ3) is 8.28. The van der Waals surface area contributed by atoms with Crippen molar-refractivity contribution in [3.05, 3.63) is 0 Å². The highest BCUT2D eigenvalue weighted by molar-refractivity contribution is 5.07. The Balaban J connectivity index is 1.84. The smallest absolute Gasteiger partial charge is 0.186 e. The molecule has 0 aromatic heterocycles. The van der Waals surface area contributed by atoms with Crippen molar-refractivity contribution in [2.75, 3.05) is 39.5 Å². The van der Waals surface area contributed by atoms with Crippen LogP contribution in [0.15, 0.2) is 0 Å². The van der Waals surface area contributed by atoms with Crippen molar-refractivity contribution >= 4 is 0 Å². The Morgan fingerprint density at radius 2 is 1.54 bits per heavy atom. The summed E-state index contributed by atoms with van der Waals surface area (Å²) in [7, 11) is 0. The third-order valence-corrected chi connectivity index (χ3v) is 8.34. The van der Waals surface area contributed by atoms with E-state index in [0.717, 1.165) is 0 Å². The lowest BCUT2D eigenvalue weighted by Crippen LogP contribution is -2.70. The van der Waals surface area contributed by atoms with Crippen molar-refractivity contribution in [2.45, 2.75) is 104 Å². The Bertz CT molecular complexity index is 774. The molecule has 17 heteroatoms. The van der Waals surface area contributed by atoms with Gasteiger partial charge in [-0.1, -0.05) is 0 Å². The van der Waals surface area contributed by atoms with Gasteiger partial charge in [-0.25, -0.2) is 0 Å². The molecule has 0 aromatic rings. The van der Waals surface area contributed by atoms with Crippen LogP contribution in [-0.2, 0) is 14.2 Å². The highest BCUT2D eigenvalue weighted by atomic mass is 16.7. The van der Waals surface area contributed by atoms with Gasteiger partial charge in [-0.2, -0.15) is 0 Å². The predicted octanol–water partition coefficient (Wildman–Crippen LogP) is -8.09. The van der Waals surface area contributed by atoms with Crippen molar-refractivity contribution in [3.63, 3.8) is 0 Å². The van der Waals surface area contributed by atoms with Crippen LogP contribution in [0.4, 0.5) is 0 Å². The fraction of sp³-hybridized carbons (Fsp3) is 1.00. The van der Waals surface area contributed by atoms with Gasteiger partial charge in [0.2, 0.25) is 0 Å². The van der Waals surface area contributed by atoms with Crippen LogP contribution in [0.3, 0.4) is 0 Å². The Morgan fingerprint density at radius 1 is 0.854 bits per heavy atom. The van der Waals surface area contributed by atoms with E-state index in [0.29, 0.717) is 6.54 Å². The number of ether oxygens (including phenoxy) is 3. The molecule has 41 heavy (non-hydrogen) atoms. The molecule has 15 atom stereocenters. The lowest BCUT2D eigenvalue weighted by Gasteiger charge is -2.52. The Hall–Kier alpha value is -0.680. The van der Waals surface area contributed by atoms with Gasteiger partial charge in [-0.3, -0.25) is 0 Å². The van der Waals surface area contributed by atoms with Crippen LogP contribution in [0.1, 0.15) is 12.8 Å². The topological polar surface area (TPSA) is 318 Å². The maximum absolute atomic E-state index is 11.7. The molecule has 3 fully saturated rings. The van der Waals surface area contributed by atoms with Crippen molar-refractivity contribution in [1.82, 2.24) is 10.6 Å². The Morgan fingerprint density at radius 3 is 2.15 bits per heavy atom. The first-order valence-corrected chi connectivity index (χ1v) is 14.1. The second kappa shape index (κ2) is 15.9. The summed E-state index contributed by atoms with van der Waals surface area (Å²) in [6, 6.07) is -4.92. The second-order valence-electron chi connectivity index (χ2n) is 11.4. The number of hydrogen-bond donors (Lipinski definition) is 14. The largest absolute Gasteiger partial charge is 0.395 e. The van der Waals surface area contributed by atoms with Crippen LogP contribution in [0, 0.1) is 5.92 Å². The second-order valence-corrected chi connectivity index (χ2v) is 11.4. The molecule has 1 aliphatic carbocycles. The van der Waals surface area contributed by atoms with Crippen LogP contribution in [-0.4, -0.2) is 172 Å². The van der Waals surface area contributed by atoms with Crippen molar-refractivity contribution < 1.29 is 55.1 Å². The lowest BCUT2D eigenvalue weighted by molar-refractivity contribution is -0.307. The maximum atomic E-state index is 11.7. The van der Waals surface area contributed by atoms with Gasteiger partial charge in [0, 0.05) is 43.6 Å². The van der Waals surface area contributed by atoms with Crippen molar-refractivity contribution in [3.8, 4) is 0 Å². The first-order valence-electron chi connectivity index (χ1n) is 14.1. The molecule has 3 rings (SSSR count). The number of hydrogen-bond acceptors (Lipinski definition) is 17. The number of nitrogens with two attached hydrogens (primary N) is 4. The van der Waals surface area contributed by atoms with Crippen LogP contribution in [0.25, 0.3) is 0 Å². The molecule has 0 amide bonds. The standard InChI is InChI=1S/C24H50N6O11/c25-9(5-31)3-29-4-11-1-14(35)17(27)23(39-11)16-12(26)2-13(30-10(6-32)7-33)22(20(16)37)41-24-21(38)18(28)19(36)15(8-34)40-24/h9-24,29-38H,1-8,25-28H2. The summed E-state index contributed by atoms with van der Waals surface area (Å²) in [4.78, 5) is 0. The highest BCUT2D eigenvalue weighted by Crippen LogP contribution is 2.36. The minimum atomic E-state index is -1.53. The van der Waals surface area contributed by atoms with E-state index in [9.17, 15) is 35.7 Å². The van der Waals surface area contributed by atoms with E-state index >= 15 is 0 Å². The molecule has 2 saturated heterocycles. The zero-order valence-corrected chi connectivity index (χ0v) is 23.0. The lowest BCUT2D eigenvalue weighted by atomic mass is 9.71. The van der Waals surface area contributed by atoms with Gasteiger partial charge >= 0.3 is 0 Å². The van der Waals surface area contributed by atoms with Crippen LogP contribution >= 0.6 is 0 Å². The molecule has 17 nitrogen and oxygen atoms in total. The van der Waals surface area contributed by atoms with E-state index in [1.807, 2.05) is 0 Å². The minimum Gasteiger partial charge on any atom is -0.395 e. The van der Waals surface area contributed by atoms with Crippen molar-refractivity contribution in [1.29, 1.82) is 0 Å². The third-order valence-electron chi connectivity index (χ3n) is 8.34. The molecule has 3 aliphatic rings. The first-order chi connectivity index (χ1) is 19.5. The molecule has 0 bridgehead atoms. The number of aliphatic hydroxyl groups is 8. The summed E-state index contributed by atoms with van der Waals surface area (Å²) < 4.78 is 17.9. The summed E-state index contributed by atoms with van der Waals surface area (Å²) in [5, 5.41) is 87.5. The molecule has 0 spiro atoms. The van der Waals surface area contributed by atoms with E-state index in [1.165, 1.54) is 0 Å². The zero-order chi connectivity index (χ0) is 30.4. The summed E-state index contributed by atoms with van der Waals surface area (Å²) in [6.07, 6.45) is -10.2. The maximum Gasteiger partial charge on any atom is 0.186 e. The molecule has 0 aromatic carbocycles. The average molecular weight is 599 g/mol. The molecule has 15 unspecified atom stereocenters. The zero-order valence-electron chi connectivity index (χ0n) is 23.0. The fourth-order valence-electron chi connectivity index (χ4n) is 5.91. The predicted molar refractivity (Wildman–Crippen MR) is 143 cm³/mol. The molecular formula is C24H50N6O11. The number of nitrogens with one attached hydrogen (secondary N) is 2. The normalized spacial score (nSPS) is 44.7. The quantitative estimate of drug-likeness (QED) is 0.0935. The molecule has 2 heterocycles. The van der Waals surface area contributed by atoms with Crippen LogP contribution in [0.5, 0.6) is 0 Å². The van der Waals surface area contributed by atoms with Gasteiger partial charge in [-0.15, -0.1) is 0 Å². The van der Waals surface area contributed by atoms with Gasteiger partial charge in [0.1, 0.15) is 24.4 Å². The summed E-state index contributed by atoms with van der Waals surface area (Å²) in [5.74, 6) is -0.875. The van der Waals surface area contributed by atoms with Gasteiger partial charge in [0.25, 0.3) is 0 Å². The van der Waals surface area contributed by atoms with Crippen LogP contribution < -0.4 is 33.6 Å². The van der Waals surface area contributed by atoms with E-state index in [2.05, 4.69) is 10.6 Å². The average Bonchev–Trinajstić information content (AvgIpc) is 2.95. The Labute approximate surface area is 238 Å². The van der Waals surface area contributed by atoms with Gasteiger partial charge < -0.3 is 88.6 Å². The molecular weight excluding hydrogens is 548 g/mol. The number of rotatable bonds is 13. The minimum absolute atomic E-state index is 0.140. The molecule has 242 valence electrons. The van der Waals surface area contributed by atoms with Gasteiger partial charge in [-0.05, 0) is 6.42 Å². The monoisotopic (exact) mass is 598 g/mol. The van der Waals surface area contributed by atoms with Gasteiger partial charge in [0.15, 0.2) is 6.29 Å². The molecule has 1 saturated carbocycles. The summed E-state index contributed by atoms with van der Waals surface area (Å²) >= 11 is 0. The molecule has 18 N–H and O–H groups in total. The fourth-order valence-corrected chi connectivity index (χ4v) is 5.91. The van der Waals surface area contributed by atoms with E-state index in [1.54, 1.807) is 0 Å². The first kappa shape index (κ1) is 34.8. The summed E-state index contributed by atoms with van der Waals surface area (Å²) in [6.45, 7) is -1.08. The molecule has 2 aliphatic heterocycles. The Kier molecular flexibility index (Phi) is 13.5. The highest BCUT2D eigenvalue weighted by Gasteiger charge is 2.53. The van der Waals surface area contributed by atoms with Crippen molar-refractivity contribution in [2.24, 2.45) is 28.9 Å². The van der Waals surface area contributed by atoms with E-state index in [-0.39, 0.29) is 26.0 Å².